The van der Waals surface area contributed by atoms with E-state index < -0.39 is 17.7 Å². The van der Waals surface area contributed by atoms with E-state index in [9.17, 15) is 14.7 Å². The van der Waals surface area contributed by atoms with Gasteiger partial charge in [-0.05, 0) is 42.8 Å². The molecule has 0 bridgehead atoms. The second-order valence-electron chi connectivity index (χ2n) is 8.80. The molecule has 1 aliphatic heterocycles. The molecule has 0 aliphatic carbocycles. The van der Waals surface area contributed by atoms with Gasteiger partial charge in [-0.2, -0.15) is 0 Å². The average molecular weight is 492 g/mol. The number of benzene rings is 2. The number of carbonyl (C=O) groups excluding carboxylic acids is 1. The number of aryl methyl sites for hydroxylation is 1. The molecule has 2 aromatic rings. The summed E-state index contributed by atoms with van der Waals surface area (Å²) in [6.07, 6.45) is -0.917. The van der Waals surface area contributed by atoms with Crippen LogP contribution in [0.3, 0.4) is 0 Å². The molecule has 0 spiro atoms. The van der Waals surface area contributed by atoms with Gasteiger partial charge in [0.1, 0.15) is 5.75 Å². The van der Waals surface area contributed by atoms with Gasteiger partial charge in [-0.1, -0.05) is 38.4 Å². The number of methoxy groups -OCH3 is 1. The quantitative estimate of drug-likeness (QED) is 0.588. The predicted molar refractivity (Wildman–Crippen MR) is 133 cm³/mol. The van der Waals surface area contributed by atoms with Crippen molar-refractivity contribution in [1.29, 1.82) is 0 Å². The van der Waals surface area contributed by atoms with Crippen LogP contribution in [0.4, 0.5) is 26.7 Å². The van der Waals surface area contributed by atoms with Crippen molar-refractivity contribution >= 4 is 40.8 Å². The summed E-state index contributed by atoms with van der Waals surface area (Å²) in [5.41, 5.74) is 2.17. The molecule has 10 heteroatoms. The van der Waals surface area contributed by atoms with Gasteiger partial charge in [0.15, 0.2) is 0 Å². The average Bonchev–Trinajstić information content (AvgIpc) is 2.75. The van der Waals surface area contributed by atoms with Gasteiger partial charge in [0.25, 0.3) is 0 Å². The summed E-state index contributed by atoms with van der Waals surface area (Å²) in [6.45, 7) is 8.68. The van der Waals surface area contributed by atoms with Gasteiger partial charge < -0.3 is 35.4 Å². The fraction of sp³-hybridized carbons (Fsp3) is 0.417. The third-order valence-corrected chi connectivity index (χ3v) is 5.16. The molecule has 0 atom stereocenters. The summed E-state index contributed by atoms with van der Waals surface area (Å²) in [5, 5.41) is 25.4. The van der Waals surface area contributed by atoms with Crippen LogP contribution in [0.15, 0.2) is 36.4 Å². The van der Waals surface area contributed by atoms with Crippen molar-refractivity contribution in [1.82, 2.24) is 4.90 Å². The molecule has 9 nitrogen and oxygen atoms in total. The van der Waals surface area contributed by atoms with Crippen molar-refractivity contribution in [3.8, 4) is 5.75 Å². The Morgan fingerprint density at radius 1 is 1.03 bits per heavy atom. The van der Waals surface area contributed by atoms with E-state index in [1.807, 2.05) is 24.0 Å². The van der Waals surface area contributed by atoms with E-state index in [-0.39, 0.29) is 0 Å². The normalized spacial score (nSPS) is 13.5. The van der Waals surface area contributed by atoms with Gasteiger partial charge in [0.05, 0.1) is 12.8 Å². The molecule has 3 amide bonds. The largest absolute Gasteiger partial charge is 0.850 e. The number of anilines is 3. The van der Waals surface area contributed by atoms with Gasteiger partial charge >= 0.3 is 12.1 Å². The summed E-state index contributed by atoms with van der Waals surface area (Å²) in [6, 6.07) is 10.3. The Morgan fingerprint density at radius 3 is 2.06 bits per heavy atom. The fourth-order valence-electron chi connectivity index (χ4n) is 3.12. The first-order chi connectivity index (χ1) is 15.9. The molecule has 1 aliphatic rings. The zero-order valence-electron chi connectivity index (χ0n) is 20.1. The van der Waals surface area contributed by atoms with Gasteiger partial charge in [-0.3, -0.25) is 0 Å². The highest BCUT2D eigenvalue weighted by molar-refractivity contribution is 6.31. The Morgan fingerprint density at radius 2 is 1.56 bits per heavy atom. The first-order valence-electron chi connectivity index (χ1n) is 10.8. The van der Waals surface area contributed by atoms with E-state index in [4.69, 9.17) is 21.4 Å². The number of amides is 3. The molecule has 34 heavy (non-hydrogen) atoms. The lowest BCUT2D eigenvalue weighted by Gasteiger charge is -2.35. The summed E-state index contributed by atoms with van der Waals surface area (Å²) in [5.74, 6) is 0.657. The van der Waals surface area contributed by atoms with Crippen LogP contribution in [0.1, 0.15) is 26.3 Å². The zero-order valence-corrected chi connectivity index (χ0v) is 20.9. The highest BCUT2D eigenvalue weighted by atomic mass is 35.5. The van der Waals surface area contributed by atoms with E-state index in [2.05, 4.69) is 10.6 Å². The van der Waals surface area contributed by atoms with Crippen LogP contribution in [-0.2, 0) is 0 Å². The first-order valence-corrected chi connectivity index (χ1v) is 11.2. The lowest BCUT2D eigenvalue weighted by molar-refractivity contribution is -0.458. The molecule has 0 unspecified atom stereocenters. The molecule has 1 fully saturated rings. The third-order valence-electron chi connectivity index (χ3n) is 4.76. The standard InChI is InChI=1S/C20H23ClN4O4.C4H9O/c1-13-3-4-14(11-16(13)21)22-19(26)23-15-5-6-18(29-2)17(12-15)24-7-9-25(10-8-24)20(27)28;1-4(2,3)5/h3-6,11-12H,7-10H2,1-2H3,(H,27,28)(H2,22,23,26);1-3H3/q;-1. The van der Waals surface area contributed by atoms with E-state index in [0.717, 1.165) is 11.3 Å². The molecule has 3 rings (SSSR count). The minimum atomic E-state index is -0.917. The number of carboxylic acid groups (broad SMARTS) is 1. The number of rotatable bonds is 4. The van der Waals surface area contributed by atoms with Gasteiger partial charge in [0.2, 0.25) is 0 Å². The number of ether oxygens (including phenoxy) is 1. The minimum Gasteiger partial charge on any atom is -0.850 e. The van der Waals surface area contributed by atoms with Crippen LogP contribution in [0.25, 0.3) is 0 Å². The first kappa shape index (κ1) is 27.1. The molecule has 0 aromatic heterocycles. The maximum absolute atomic E-state index is 12.4. The third kappa shape index (κ3) is 8.64. The second kappa shape index (κ2) is 11.8. The second-order valence-corrected chi connectivity index (χ2v) is 9.21. The van der Waals surface area contributed by atoms with Crippen molar-refractivity contribution in [2.75, 3.05) is 48.8 Å². The SMILES string of the molecule is CC(C)(C)[O-].COc1ccc(NC(=O)Nc2ccc(C)c(Cl)c2)cc1N1CCN(C(=O)O)CC1. The molecule has 3 N–H and O–H groups in total. The Balaban J connectivity index is 0.000000739. The Bertz CT molecular complexity index is 995. The number of piperazine rings is 1. The molecule has 1 heterocycles. The highest BCUT2D eigenvalue weighted by Gasteiger charge is 2.23. The topological polar surface area (TPSA) is 117 Å². The summed E-state index contributed by atoms with van der Waals surface area (Å²) < 4.78 is 5.44. The summed E-state index contributed by atoms with van der Waals surface area (Å²) in [7, 11) is 1.58. The summed E-state index contributed by atoms with van der Waals surface area (Å²) >= 11 is 6.10. The predicted octanol–water partition coefficient (Wildman–Crippen LogP) is 4.25. The number of nitrogens with zero attached hydrogens (tertiary/aromatic N) is 2. The number of hydrogen-bond donors (Lipinski definition) is 3. The number of carbonyl (C=O) groups is 2. The number of urea groups is 1. The van der Waals surface area contributed by atoms with Crippen LogP contribution >= 0.6 is 11.6 Å². The molecular weight excluding hydrogens is 460 g/mol. The summed E-state index contributed by atoms with van der Waals surface area (Å²) in [4.78, 5) is 26.9. The number of halogens is 1. The van der Waals surface area contributed by atoms with Crippen molar-refractivity contribution in [3.63, 3.8) is 0 Å². The maximum atomic E-state index is 12.4. The van der Waals surface area contributed by atoms with Gasteiger partial charge in [-0.25, -0.2) is 9.59 Å². The van der Waals surface area contributed by atoms with Crippen LogP contribution in [0.5, 0.6) is 5.75 Å². The lowest BCUT2D eigenvalue weighted by atomic mass is 10.2. The zero-order chi connectivity index (χ0) is 25.5. The smallest absolute Gasteiger partial charge is 0.407 e. The van der Waals surface area contributed by atoms with Gasteiger partial charge in [0, 0.05) is 42.6 Å². The van der Waals surface area contributed by atoms with Crippen molar-refractivity contribution in [2.24, 2.45) is 0 Å². The van der Waals surface area contributed by atoms with Crippen LogP contribution in [0, 0.1) is 6.92 Å². The molecule has 2 aromatic carbocycles. The van der Waals surface area contributed by atoms with Crippen LogP contribution in [-0.4, -0.2) is 61.0 Å². The Kier molecular flexibility index (Phi) is 9.40. The monoisotopic (exact) mass is 491 g/mol. The molecule has 186 valence electrons. The van der Waals surface area contributed by atoms with Crippen molar-refractivity contribution in [3.05, 3.63) is 47.0 Å². The lowest BCUT2D eigenvalue weighted by Crippen LogP contribution is -2.48. The van der Waals surface area contributed by atoms with E-state index in [1.165, 1.54) is 4.90 Å². The van der Waals surface area contributed by atoms with Crippen LogP contribution in [0.2, 0.25) is 5.02 Å². The van der Waals surface area contributed by atoms with Crippen molar-refractivity contribution in [2.45, 2.75) is 33.3 Å². The fourth-order valence-corrected chi connectivity index (χ4v) is 3.30. The highest BCUT2D eigenvalue weighted by Crippen LogP contribution is 2.32. The van der Waals surface area contributed by atoms with Gasteiger partial charge in [-0.15, -0.1) is 5.60 Å². The molecule has 1 saturated heterocycles. The minimum absolute atomic E-state index is 0.392. The molecule has 0 saturated carbocycles. The van der Waals surface area contributed by atoms with Crippen molar-refractivity contribution < 1.29 is 24.5 Å². The Labute approximate surface area is 205 Å². The number of nitrogens with one attached hydrogen (secondary N) is 2. The van der Waals surface area contributed by atoms with E-state index in [0.29, 0.717) is 48.3 Å². The van der Waals surface area contributed by atoms with E-state index in [1.54, 1.807) is 52.1 Å². The maximum Gasteiger partial charge on any atom is 0.407 e. The molecule has 0 radical (unpaired) electrons. The Hall–Kier alpha value is -3.17. The van der Waals surface area contributed by atoms with E-state index >= 15 is 0 Å². The number of hydrogen-bond acceptors (Lipinski definition) is 5. The molecular formula is C24H32ClN4O5-. The van der Waals surface area contributed by atoms with Crippen LogP contribution < -0.4 is 25.4 Å².